The molecule has 78 heavy (non-hydrogen) atoms. The maximum Gasteiger partial charge on any atom is 0.141 e. The van der Waals surface area contributed by atoms with E-state index in [0.717, 1.165) is 54.0 Å². The van der Waals surface area contributed by atoms with Crippen LogP contribution in [0.5, 0.6) is 11.5 Å². The van der Waals surface area contributed by atoms with Gasteiger partial charge in [-0.25, -0.2) is 0 Å². The van der Waals surface area contributed by atoms with Crippen LogP contribution in [0.1, 0.15) is 215 Å². The Balaban J connectivity index is 1.47. The van der Waals surface area contributed by atoms with Gasteiger partial charge in [-0.15, -0.1) is 0 Å². The molecule has 6 heteroatoms. The van der Waals surface area contributed by atoms with Crippen molar-refractivity contribution in [1.29, 1.82) is 0 Å². The molecule has 0 aliphatic rings. The summed E-state index contributed by atoms with van der Waals surface area (Å²) in [4.78, 5) is 5.20. The lowest BCUT2D eigenvalue weighted by Crippen LogP contribution is -2.32. The van der Waals surface area contributed by atoms with E-state index >= 15 is 0 Å². The molecular weight excluding hydrogens is 957 g/mol. The van der Waals surface area contributed by atoms with Gasteiger partial charge in [0.2, 0.25) is 0 Å². The molecule has 0 aromatic heterocycles. The lowest BCUT2D eigenvalue weighted by molar-refractivity contribution is 0.124. The van der Waals surface area contributed by atoms with Gasteiger partial charge in [0.25, 0.3) is 0 Å². The normalized spacial score (nSPS) is 11.7. The van der Waals surface area contributed by atoms with E-state index in [1.54, 1.807) is 14.2 Å². The van der Waals surface area contributed by atoms with Crippen LogP contribution in [0.3, 0.4) is 0 Å². The Kier molecular flexibility index (Phi) is 26.7. The van der Waals surface area contributed by atoms with Gasteiger partial charge in [0.1, 0.15) is 22.7 Å². The molecule has 0 amide bonds. The molecule has 0 aliphatic heterocycles. The summed E-state index contributed by atoms with van der Waals surface area (Å²) < 4.78 is 11.2. The molecule has 0 spiro atoms. The van der Waals surface area contributed by atoms with Crippen LogP contribution in [-0.4, -0.2) is 50.6 Å². The first-order chi connectivity index (χ1) is 38.3. The van der Waals surface area contributed by atoms with Gasteiger partial charge >= 0.3 is 0 Å². The minimum absolute atomic E-state index is 0.692. The second kappa shape index (κ2) is 33.8. The number of anilines is 2. The van der Waals surface area contributed by atoms with Crippen molar-refractivity contribution in [2.24, 2.45) is 0 Å². The Labute approximate surface area is 473 Å². The molecule has 0 unspecified atom stereocenters. The van der Waals surface area contributed by atoms with E-state index in [2.05, 4.69) is 104 Å². The second-order valence-electron chi connectivity index (χ2n) is 22.1. The number of nitrogens with zero attached hydrogens (tertiary/aromatic N) is 2. The number of hydrogen-bond donors (Lipinski definition) is 2. The highest BCUT2D eigenvalue weighted by molar-refractivity contribution is 5.77. The number of hydrogen-bond acceptors (Lipinski definition) is 6. The van der Waals surface area contributed by atoms with E-state index < -0.39 is 11.2 Å². The zero-order chi connectivity index (χ0) is 55.3. The fraction of sp³-hybridized carbons (Fsp3) is 0.500. The number of methoxy groups -OCH3 is 2. The van der Waals surface area contributed by atoms with E-state index in [9.17, 15) is 10.2 Å². The monoisotopic (exact) mass is 1060 g/mol. The van der Waals surface area contributed by atoms with Gasteiger partial charge < -0.3 is 29.5 Å². The molecule has 6 rings (SSSR count). The molecule has 6 aromatic carbocycles. The molecule has 6 nitrogen and oxygen atoms in total. The average Bonchev–Trinajstić information content (AvgIpc) is 3.64. The number of unbranched alkanes of at least 4 members (excludes halogenated alkanes) is 20. The third kappa shape index (κ3) is 17.2. The molecule has 422 valence electrons. The highest BCUT2D eigenvalue weighted by Gasteiger charge is 2.40. The van der Waals surface area contributed by atoms with Crippen LogP contribution >= 0.6 is 0 Å². The largest absolute Gasteiger partial charge is 0.497 e. The fourth-order valence-electron chi connectivity index (χ4n) is 11.6. The molecule has 2 N–H and O–H groups in total. The van der Waals surface area contributed by atoms with Gasteiger partial charge in [0.15, 0.2) is 0 Å². The standard InChI is InChI=1S/C72H100N2O4/c1-7-11-15-19-23-31-55-73(56-32-24-20-16-12-8-2)63-47-39-59(40-48-63)71(75,60-41-49-64(50-42-60)74(57-33-25-21-17-13-9-3)58-34-26-22-18-14-10-4)69-37-29-27-35-67(69)68-36-28-30-38-70(68)72(76,61-43-51-65(77-5)52-44-61)62-45-53-66(78-6)54-46-62/h27-30,35-54,75-76H,7-26,31-34,55-58H2,1-6H3. The number of rotatable bonds is 39. The predicted molar refractivity (Wildman–Crippen MR) is 333 cm³/mol. The summed E-state index contributed by atoms with van der Waals surface area (Å²) in [5, 5.41) is 27.8. The summed E-state index contributed by atoms with van der Waals surface area (Å²) >= 11 is 0. The van der Waals surface area contributed by atoms with Gasteiger partial charge in [-0.1, -0.05) is 253 Å². The molecule has 6 aromatic rings. The summed E-state index contributed by atoms with van der Waals surface area (Å²) in [5.41, 5.74) is 5.34. The average molecular weight is 1060 g/mol. The summed E-state index contributed by atoms with van der Waals surface area (Å²) in [5.74, 6) is 1.41. The van der Waals surface area contributed by atoms with E-state index in [-0.39, 0.29) is 0 Å². The Bertz CT molecular complexity index is 2380. The van der Waals surface area contributed by atoms with Crippen LogP contribution in [0.25, 0.3) is 11.1 Å². The van der Waals surface area contributed by atoms with Crippen molar-refractivity contribution in [1.82, 2.24) is 0 Å². The zero-order valence-corrected chi connectivity index (χ0v) is 49.3. The van der Waals surface area contributed by atoms with Crippen LogP contribution in [0, 0.1) is 0 Å². The Morgan fingerprint density at radius 1 is 0.308 bits per heavy atom. The van der Waals surface area contributed by atoms with Crippen molar-refractivity contribution in [3.05, 3.63) is 179 Å². The minimum atomic E-state index is -1.60. The van der Waals surface area contributed by atoms with Crippen molar-refractivity contribution in [2.45, 2.75) is 193 Å². The van der Waals surface area contributed by atoms with E-state index in [4.69, 9.17) is 9.47 Å². The number of ether oxygens (including phenoxy) is 2. The van der Waals surface area contributed by atoms with Crippen molar-refractivity contribution < 1.29 is 19.7 Å². The summed E-state index contributed by atoms with van der Waals surface area (Å²) in [6.07, 6.45) is 30.4. The van der Waals surface area contributed by atoms with E-state index in [1.807, 2.05) is 78.9 Å². The first kappa shape index (κ1) is 61.6. The quantitative estimate of drug-likeness (QED) is 0.0296. The van der Waals surface area contributed by atoms with Gasteiger partial charge in [0, 0.05) is 48.7 Å². The predicted octanol–water partition coefficient (Wildman–Crippen LogP) is 19.0. The van der Waals surface area contributed by atoms with Crippen LogP contribution in [0.4, 0.5) is 11.4 Å². The molecule has 0 atom stereocenters. The van der Waals surface area contributed by atoms with Crippen molar-refractivity contribution in [3.63, 3.8) is 0 Å². The maximum absolute atomic E-state index is 14.2. The second-order valence-corrected chi connectivity index (χ2v) is 22.1. The van der Waals surface area contributed by atoms with Gasteiger partial charge in [-0.2, -0.15) is 0 Å². The Morgan fingerprint density at radius 2 is 0.551 bits per heavy atom. The lowest BCUT2D eigenvalue weighted by Gasteiger charge is -2.36. The molecule has 0 aliphatic carbocycles. The highest BCUT2D eigenvalue weighted by Crippen LogP contribution is 2.47. The van der Waals surface area contributed by atoms with Crippen LogP contribution in [0.15, 0.2) is 146 Å². The van der Waals surface area contributed by atoms with Crippen LogP contribution in [0.2, 0.25) is 0 Å². The molecule has 0 heterocycles. The van der Waals surface area contributed by atoms with Crippen molar-refractivity contribution in [3.8, 4) is 22.6 Å². The summed E-state index contributed by atoms with van der Waals surface area (Å²) in [6, 6.07) is 49.5. The van der Waals surface area contributed by atoms with Crippen LogP contribution < -0.4 is 19.3 Å². The van der Waals surface area contributed by atoms with Crippen LogP contribution in [-0.2, 0) is 11.2 Å². The van der Waals surface area contributed by atoms with Gasteiger partial charge in [-0.3, -0.25) is 0 Å². The van der Waals surface area contributed by atoms with Gasteiger partial charge in [0.05, 0.1) is 14.2 Å². The molecule has 0 saturated heterocycles. The molecule has 0 saturated carbocycles. The molecule has 0 fully saturated rings. The Hall–Kier alpha value is -5.56. The molecule has 0 radical (unpaired) electrons. The summed E-state index contributed by atoms with van der Waals surface area (Å²) in [7, 11) is 3.32. The topological polar surface area (TPSA) is 65.4 Å². The number of benzene rings is 6. The minimum Gasteiger partial charge on any atom is -0.497 e. The van der Waals surface area contributed by atoms with E-state index in [1.165, 1.54) is 165 Å². The third-order valence-electron chi connectivity index (χ3n) is 16.4. The molecular formula is C72H100N2O4. The van der Waals surface area contributed by atoms with Crippen molar-refractivity contribution in [2.75, 3.05) is 50.2 Å². The Morgan fingerprint density at radius 3 is 0.821 bits per heavy atom. The lowest BCUT2D eigenvalue weighted by atomic mass is 9.73. The fourth-order valence-corrected chi connectivity index (χ4v) is 11.6. The zero-order valence-electron chi connectivity index (χ0n) is 49.3. The maximum atomic E-state index is 14.2. The van der Waals surface area contributed by atoms with E-state index in [0.29, 0.717) is 28.2 Å². The van der Waals surface area contributed by atoms with Crippen molar-refractivity contribution >= 4 is 11.4 Å². The third-order valence-corrected chi connectivity index (χ3v) is 16.4. The first-order valence-electron chi connectivity index (χ1n) is 30.9. The SMILES string of the molecule is CCCCCCCCN(CCCCCCCC)c1ccc(C(O)(c2ccc(N(CCCCCCCC)CCCCCCCC)cc2)c2ccccc2-c2ccccc2C(O)(c2ccc(OC)cc2)c2ccc(OC)cc2)cc1. The smallest absolute Gasteiger partial charge is 0.141 e. The summed E-state index contributed by atoms with van der Waals surface area (Å²) in [6.45, 7) is 13.3. The van der Waals surface area contributed by atoms with Gasteiger partial charge in [-0.05, 0) is 108 Å². The first-order valence-corrected chi connectivity index (χ1v) is 30.9. The highest BCUT2D eigenvalue weighted by atomic mass is 16.5. The molecule has 0 bridgehead atoms. The number of aliphatic hydroxyl groups is 2.